The van der Waals surface area contributed by atoms with Gasteiger partial charge in [-0.05, 0) is 30.2 Å². The molecule has 0 aliphatic rings. The third-order valence-electron chi connectivity index (χ3n) is 3.60. The number of hydrogen-bond acceptors (Lipinski definition) is 5. The lowest BCUT2D eigenvalue weighted by Gasteiger charge is -2.04. The van der Waals surface area contributed by atoms with Crippen LogP contribution in [0.1, 0.15) is 19.8 Å². The molecule has 0 spiro atoms. The maximum absolute atomic E-state index is 13.1. The van der Waals surface area contributed by atoms with Crippen molar-refractivity contribution in [3.63, 3.8) is 0 Å². The molecule has 0 fully saturated rings. The number of carbonyl (C=O) groups excluding carboxylic acids is 1. The van der Waals surface area contributed by atoms with Crippen molar-refractivity contribution in [1.82, 2.24) is 15.3 Å². The summed E-state index contributed by atoms with van der Waals surface area (Å²) < 4.78 is 14.1. The van der Waals surface area contributed by atoms with Gasteiger partial charge in [0, 0.05) is 11.4 Å². The van der Waals surface area contributed by atoms with Crippen molar-refractivity contribution in [2.24, 2.45) is 0 Å². The molecule has 0 saturated carbocycles. The maximum Gasteiger partial charge on any atom is 0.230 e. The van der Waals surface area contributed by atoms with Crippen molar-refractivity contribution in [3.8, 4) is 10.4 Å². The van der Waals surface area contributed by atoms with Crippen molar-refractivity contribution in [2.75, 3.05) is 12.3 Å². The van der Waals surface area contributed by atoms with Gasteiger partial charge in [-0.25, -0.2) is 14.4 Å². The lowest BCUT2D eigenvalue weighted by molar-refractivity contribution is -0.118. The molecule has 0 atom stereocenters. The smallest absolute Gasteiger partial charge is 0.230 e. The van der Waals surface area contributed by atoms with E-state index in [0.29, 0.717) is 12.3 Å². The molecule has 0 aliphatic carbocycles. The van der Waals surface area contributed by atoms with Gasteiger partial charge in [0.1, 0.15) is 17.2 Å². The molecular formula is C18H18FN3OS2. The Balaban J connectivity index is 1.75. The standard InChI is InChI=1S/C18H18FN3OS2/c1-2-3-8-20-16(23)10-24-18-17-14(21-11-22-18)9-15(25-17)12-4-6-13(19)7-5-12/h4-7,9,11H,2-3,8,10H2,1H3,(H,20,23). The molecule has 2 heterocycles. The minimum atomic E-state index is -0.255. The van der Waals surface area contributed by atoms with Crippen LogP contribution in [0, 0.1) is 5.82 Å². The number of thioether (sulfide) groups is 1. The van der Waals surface area contributed by atoms with E-state index in [2.05, 4.69) is 22.2 Å². The van der Waals surface area contributed by atoms with Gasteiger partial charge in [0.15, 0.2) is 0 Å². The molecule has 0 aliphatic heterocycles. The second kappa shape index (κ2) is 8.40. The van der Waals surface area contributed by atoms with Crippen molar-refractivity contribution < 1.29 is 9.18 Å². The number of carbonyl (C=O) groups is 1. The summed E-state index contributed by atoms with van der Waals surface area (Å²) in [6.07, 6.45) is 3.56. The third-order valence-corrected chi connectivity index (χ3v) is 5.90. The number of amides is 1. The first kappa shape index (κ1) is 17.8. The Hall–Kier alpha value is -1.99. The maximum atomic E-state index is 13.1. The lowest BCUT2D eigenvalue weighted by atomic mass is 10.2. The van der Waals surface area contributed by atoms with E-state index in [1.807, 2.05) is 6.07 Å². The molecule has 2 aromatic heterocycles. The number of nitrogens with zero attached hydrogens (tertiary/aromatic N) is 2. The lowest BCUT2D eigenvalue weighted by Crippen LogP contribution is -2.26. The number of hydrogen-bond donors (Lipinski definition) is 1. The number of thiophene rings is 1. The second-order valence-corrected chi connectivity index (χ2v) is 7.52. The fourth-order valence-electron chi connectivity index (χ4n) is 2.28. The summed E-state index contributed by atoms with van der Waals surface area (Å²) >= 11 is 2.97. The van der Waals surface area contributed by atoms with Crippen LogP contribution in [0.25, 0.3) is 20.7 Å². The highest BCUT2D eigenvalue weighted by Gasteiger charge is 2.12. The third kappa shape index (κ3) is 4.55. The molecule has 0 radical (unpaired) electrons. The van der Waals surface area contributed by atoms with E-state index >= 15 is 0 Å². The Kier molecular flexibility index (Phi) is 5.99. The van der Waals surface area contributed by atoms with E-state index in [-0.39, 0.29) is 11.7 Å². The van der Waals surface area contributed by atoms with Crippen LogP contribution >= 0.6 is 23.1 Å². The molecular weight excluding hydrogens is 357 g/mol. The van der Waals surface area contributed by atoms with Crippen molar-refractivity contribution in [1.29, 1.82) is 0 Å². The zero-order valence-electron chi connectivity index (χ0n) is 13.8. The summed E-state index contributed by atoms with van der Waals surface area (Å²) in [6, 6.07) is 8.37. The number of halogens is 1. The Labute approximate surface area is 153 Å². The summed E-state index contributed by atoms with van der Waals surface area (Å²) in [5.41, 5.74) is 1.78. The van der Waals surface area contributed by atoms with Gasteiger partial charge < -0.3 is 5.32 Å². The number of rotatable bonds is 7. The monoisotopic (exact) mass is 375 g/mol. The number of nitrogens with one attached hydrogen (secondary N) is 1. The molecule has 3 rings (SSSR count). The van der Waals surface area contributed by atoms with Gasteiger partial charge in [0.2, 0.25) is 5.91 Å². The van der Waals surface area contributed by atoms with Crippen LogP contribution in [0.3, 0.4) is 0 Å². The Morgan fingerprint density at radius 3 is 2.84 bits per heavy atom. The SMILES string of the molecule is CCCCNC(=O)CSc1ncnc2cc(-c3ccc(F)cc3)sc12. The van der Waals surface area contributed by atoms with Gasteiger partial charge in [0.05, 0.1) is 16.0 Å². The molecule has 4 nitrogen and oxygen atoms in total. The van der Waals surface area contributed by atoms with Crippen molar-refractivity contribution >= 4 is 39.2 Å². The summed E-state index contributed by atoms with van der Waals surface area (Å²) in [5.74, 6) is 0.0927. The molecule has 0 bridgehead atoms. The summed E-state index contributed by atoms with van der Waals surface area (Å²) in [7, 11) is 0. The minimum Gasteiger partial charge on any atom is -0.355 e. The highest BCUT2D eigenvalue weighted by atomic mass is 32.2. The van der Waals surface area contributed by atoms with Gasteiger partial charge in [-0.1, -0.05) is 37.2 Å². The number of unbranched alkanes of at least 4 members (excludes halogenated alkanes) is 1. The minimum absolute atomic E-state index is 0.0144. The molecule has 7 heteroatoms. The Bertz CT molecular complexity index is 864. The number of fused-ring (bicyclic) bond motifs is 1. The highest BCUT2D eigenvalue weighted by molar-refractivity contribution is 8.00. The van der Waals surface area contributed by atoms with Crippen LogP contribution < -0.4 is 5.32 Å². The van der Waals surface area contributed by atoms with E-state index in [9.17, 15) is 9.18 Å². The normalized spacial score (nSPS) is 11.0. The average molecular weight is 375 g/mol. The van der Waals surface area contributed by atoms with Crippen LogP contribution in [-0.2, 0) is 4.79 Å². The molecule has 130 valence electrons. The topological polar surface area (TPSA) is 54.9 Å². The first-order valence-corrected chi connectivity index (χ1v) is 9.87. The summed E-state index contributed by atoms with van der Waals surface area (Å²) in [4.78, 5) is 21.5. The van der Waals surface area contributed by atoms with E-state index in [0.717, 1.165) is 38.5 Å². The summed E-state index contributed by atoms with van der Waals surface area (Å²) in [5, 5.41) is 3.70. The first-order valence-electron chi connectivity index (χ1n) is 8.07. The fourth-order valence-corrected chi connectivity index (χ4v) is 4.31. The predicted octanol–water partition coefficient (Wildman–Crippen LogP) is 4.51. The van der Waals surface area contributed by atoms with Gasteiger partial charge in [-0.3, -0.25) is 4.79 Å². The number of benzene rings is 1. The zero-order chi connectivity index (χ0) is 17.6. The van der Waals surface area contributed by atoms with Crippen LogP contribution in [0.5, 0.6) is 0 Å². The van der Waals surface area contributed by atoms with Gasteiger partial charge in [-0.15, -0.1) is 11.3 Å². The number of aromatic nitrogens is 2. The Morgan fingerprint density at radius 2 is 2.08 bits per heavy atom. The van der Waals surface area contributed by atoms with Gasteiger partial charge in [-0.2, -0.15) is 0 Å². The largest absolute Gasteiger partial charge is 0.355 e. The van der Waals surface area contributed by atoms with E-state index in [4.69, 9.17) is 0 Å². The Morgan fingerprint density at radius 1 is 1.28 bits per heavy atom. The molecule has 0 unspecified atom stereocenters. The summed E-state index contributed by atoms with van der Waals surface area (Å²) in [6.45, 7) is 2.80. The quantitative estimate of drug-likeness (QED) is 0.375. The zero-order valence-corrected chi connectivity index (χ0v) is 15.4. The van der Waals surface area contributed by atoms with Gasteiger partial charge in [0.25, 0.3) is 0 Å². The van der Waals surface area contributed by atoms with Crippen LogP contribution in [0.4, 0.5) is 4.39 Å². The molecule has 1 aromatic carbocycles. The van der Waals surface area contributed by atoms with Crippen molar-refractivity contribution in [3.05, 3.63) is 42.5 Å². The van der Waals surface area contributed by atoms with Crippen molar-refractivity contribution in [2.45, 2.75) is 24.8 Å². The van der Waals surface area contributed by atoms with Crippen LogP contribution in [-0.4, -0.2) is 28.2 Å². The predicted molar refractivity (Wildman–Crippen MR) is 101 cm³/mol. The van der Waals surface area contributed by atoms with E-state index < -0.39 is 0 Å². The average Bonchev–Trinajstić information content (AvgIpc) is 3.05. The molecule has 1 amide bonds. The highest BCUT2D eigenvalue weighted by Crippen LogP contribution is 2.36. The van der Waals surface area contributed by atoms with Gasteiger partial charge >= 0.3 is 0 Å². The van der Waals surface area contributed by atoms with E-state index in [1.165, 1.54) is 30.2 Å². The second-order valence-electron chi connectivity index (χ2n) is 5.50. The molecule has 1 N–H and O–H groups in total. The molecule has 25 heavy (non-hydrogen) atoms. The molecule has 3 aromatic rings. The fraction of sp³-hybridized carbons (Fsp3) is 0.278. The van der Waals surface area contributed by atoms with Crippen LogP contribution in [0.2, 0.25) is 0 Å². The first-order chi connectivity index (χ1) is 12.2. The van der Waals surface area contributed by atoms with Crippen LogP contribution in [0.15, 0.2) is 41.7 Å². The molecule has 0 saturated heterocycles. The van der Waals surface area contributed by atoms with E-state index in [1.54, 1.807) is 23.5 Å².